The molecule has 1 heterocycles. The van der Waals surface area contributed by atoms with Crippen LogP contribution in [0.15, 0.2) is 47.7 Å². The average Bonchev–Trinajstić information content (AvgIpc) is 3.07. The van der Waals surface area contributed by atoms with Crippen LogP contribution >= 0.6 is 24.0 Å². The molecule has 0 spiro atoms. The summed E-state index contributed by atoms with van der Waals surface area (Å²) in [7, 11) is 3.88. The first-order valence-corrected chi connectivity index (χ1v) is 10.2. The third-order valence-corrected chi connectivity index (χ3v) is 4.19. The zero-order chi connectivity index (χ0) is 22.1. The van der Waals surface area contributed by atoms with Crippen LogP contribution < -0.4 is 10.6 Å². The van der Waals surface area contributed by atoms with Crippen molar-refractivity contribution in [3.63, 3.8) is 0 Å². The Morgan fingerprint density at radius 3 is 2.52 bits per heavy atom. The number of carbonyl (C=O) groups excluding carboxylic acids is 1. The fourth-order valence-electron chi connectivity index (χ4n) is 2.92. The van der Waals surface area contributed by atoms with Crippen molar-refractivity contribution in [1.82, 2.24) is 25.3 Å². The molecule has 0 bridgehead atoms. The summed E-state index contributed by atoms with van der Waals surface area (Å²) in [6, 6.07) is 9.49. The fourth-order valence-corrected chi connectivity index (χ4v) is 2.92. The number of rotatable bonds is 7. The summed E-state index contributed by atoms with van der Waals surface area (Å²) < 4.78 is 7.22. The van der Waals surface area contributed by atoms with Gasteiger partial charge < -0.3 is 20.3 Å². The van der Waals surface area contributed by atoms with E-state index in [1.165, 1.54) is 0 Å². The van der Waals surface area contributed by atoms with E-state index in [9.17, 15) is 4.79 Å². The van der Waals surface area contributed by atoms with E-state index >= 15 is 0 Å². The molecule has 2 N–H and O–H groups in total. The first kappa shape index (κ1) is 26.7. The highest BCUT2D eigenvalue weighted by molar-refractivity contribution is 14.0. The van der Waals surface area contributed by atoms with E-state index in [1.54, 1.807) is 4.68 Å². The maximum absolute atomic E-state index is 12.4. The summed E-state index contributed by atoms with van der Waals surface area (Å²) >= 11 is 0. The van der Waals surface area contributed by atoms with E-state index in [2.05, 4.69) is 15.7 Å². The lowest BCUT2D eigenvalue weighted by atomic mass is 10.1. The van der Waals surface area contributed by atoms with Crippen LogP contribution in [0.2, 0.25) is 0 Å². The minimum atomic E-state index is -0.562. The lowest BCUT2D eigenvalue weighted by molar-refractivity contribution is 0.0505. The molecule has 1 aromatic heterocycles. The molecule has 1 aromatic carbocycles. The largest absolute Gasteiger partial charge is 0.444 e. The first-order valence-electron chi connectivity index (χ1n) is 10.2. The number of nitrogens with one attached hydrogen (secondary N) is 2. The van der Waals surface area contributed by atoms with Gasteiger partial charge in [0.15, 0.2) is 5.96 Å². The van der Waals surface area contributed by atoms with Crippen molar-refractivity contribution in [1.29, 1.82) is 0 Å². The van der Waals surface area contributed by atoms with Gasteiger partial charge in [-0.15, -0.1) is 24.0 Å². The average molecular weight is 542 g/mol. The monoisotopic (exact) mass is 542 g/mol. The van der Waals surface area contributed by atoms with Crippen LogP contribution in [0.3, 0.4) is 0 Å². The quantitative estimate of drug-likeness (QED) is 0.317. The van der Waals surface area contributed by atoms with E-state index in [4.69, 9.17) is 9.73 Å². The van der Waals surface area contributed by atoms with Gasteiger partial charge in [-0.2, -0.15) is 5.10 Å². The van der Waals surface area contributed by atoms with Crippen molar-refractivity contribution in [2.24, 2.45) is 12.0 Å². The summed E-state index contributed by atoms with van der Waals surface area (Å²) in [5.74, 6) is 0.758. The number of amides is 1. The molecule has 31 heavy (non-hydrogen) atoms. The molecule has 2 rings (SSSR count). The second-order valence-electron chi connectivity index (χ2n) is 8.18. The maximum Gasteiger partial charge on any atom is 0.408 e. The van der Waals surface area contributed by atoms with Crippen molar-refractivity contribution < 1.29 is 9.53 Å². The molecule has 172 valence electrons. The van der Waals surface area contributed by atoms with Gasteiger partial charge in [0.05, 0.1) is 18.8 Å². The Labute approximate surface area is 202 Å². The lowest BCUT2D eigenvalue weighted by Crippen LogP contribution is -2.40. The van der Waals surface area contributed by atoms with Crippen molar-refractivity contribution in [2.75, 3.05) is 20.1 Å². The minimum absolute atomic E-state index is 0. The Morgan fingerprint density at radius 1 is 1.29 bits per heavy atom. The molecule has 1 atom stereocenters. The number of ether oxygens (including phenoxy) is 1. The van der Waals surface area contributed by atoms with Gasteiger partial charge in [-0.05, 0) is 33.3 Å². The van der Waals surface area contributed by atoms with Gasteiger partial charge in [0.1, 0.15) is 5.60 Å². The molecular weight excluding hydrogens is 507 g/mol. The molecule has 0 saturated heterocycles. The van der Waals surface area contributed by atoms with Crippen LogP contribution in [0, 0.1) is 0 Å². The second-order valence-corrected chi connectivity index (χ2v) is 8.18. The van der Waals surface area contributed by atoms with E-state index in [1.807, 2.05) is 89.4 Å². The Kier molecular flexibility index (Phi) is 10.8. The molecule has 8 nitrogen and oxygen atoms in total. The topological polar surface area (TPSA) is 83.8 Å². The smallest absolute Gasteiger partial charge is 0.408 e. The predicted molar refractivity (Wildman–Crippen MR) is 135 cm³/mol. The molecule has 0 saturated carbocycles. The minimum Gasteiger partial charge on any atom is -0.444 e. The van der Waals surface area contributed by atoms with Crippen molar-refractivity contribution in [3.05, 3.63) is 53.9 Å². The summed E-state index contributed by atoms with van der Waals surface area (Å²) in [5, 5.41) is 10.5. The molecule has 0 aliphatic heterocycles. The number of aromatic nitrogens is 2. The molecule has 9 heteroatoms. The summed E-state index contributed by atoms with van der Waals surface area (Å²) in [6.45, 7) is 9.36. The summed E-state index contributed by atoms with van der Waals surface area (Å²) in [4.78, 5) is 19.2. The van der Waals surface area contributed by atoms with E-state index < -0.39 is 11.7 Å². The number of guanidine groups is 1. The van der Waals surface area contributed by atoms with Gasteiger partial charge in [0, 0.05) is 38.9 Å². The number of aliphatic imine (C=N–C) groups is 1. The number of aryl methyl sites for hydroxylation is 1. The van der Waals surface area contributed by atoms with Gasteiger partial charge >= 0.3 is 6.09 Å². The third kappa shape index (κ3) is 9.58. The van der Waals surface area contributed by atoms with Crippen molar-refractivity contribution >= 4 is 36.0 Å². The predicted octanol–water partition coefficient (Wildman–Crippen LogP) is 3.70. The lowest BCUT2D eigenvalue weighted by Gasteiger charge is -2.25. The van der Waals surface area contributed by atoms with Crippen LogP contribution in [-0.4, -0.2) is 52.5 Å². The number of alkyl carbamates (subject to hydrolysis) is 1. The highest BCUT2D eigenvalue weighted by Crippen LogP contribution is 2.15. The highest BCUT2D eigenvalue weighted by Gasteiger charge is 2.21. The van der Waals surface area contributed by atoms with E-state index in [0.717, 1.165) is 23.6 Å². The summed E-state index contributed by atoms with van der Waals surface area (Å²) in [6.07, 6.45) is 3.37. The molecule has 0 radical (unpaired) electrons. The van der Waals surface area contributed by atoms with E-state index in [-0.39, 0.29) is 30.0 Å². The molecular formula is C22H35IN6O2. The number of halogens is 1. The van der Waals surface area contributed by atoms with Gasteiger partial charge in [0.25, 0.3) is 0 Å². The molecule has 1 unspecified atom stereocenters. The second kappa shape index (κ2) is 12.5. The SMILES string of the molecule is CCNC(=NCC(NC(=O)OC(C)(C)C)c1ccccc1)N(C)Cc1cnn(C)c1.I. The molecule has 0 fully saturated rings. The zero-order valence-electron chi connectivity index (χ0n) is 19.3. The van der Waals surface area contributed by atoms with Crippen LogP contribution in [0.1, 0.15) is 44.9 Å². The van der Waals surface area contributed by atoms with Crippen LogP contribution in [0.5, 0.6) is 0 Å². The van der Waals surface area contributed by atoms with Crippen LogP contribution in [0.4, 0.5) is 4.79 Å². The summed E-state index contributed by atoms with van der Waals surface area (Å²) in [5.41, 5.74) is 1.50. The van der Waals surface area contributed by atoms with Crippen molar-refractivity contribution in [3.8, 4) is 0 Å². The molecule has 0 aliphatic rings. The number of benzene rings is 1. The molecule has 2 aromatic rings. The number of carbonyl (C=O) groups is 1. The Hall–Kier alpha value is -2.30. The Morgan fingerprint density at radius 2 is 1.97 bits per heavy atom. The third-order valence-electron chi connectivity index (χ3n) is 4.19. The van der Waals surface area contributed by atoms with Gasteiger partial charge in [-0.25, -0.2) is 4.79 Å². The van der Waals surface area contributed by atoms with Crippen LogP contribution in [-0.2, 0) is 18.3 Å². The zero-order valence-corrected chi connectivity index (χ0v) is 21.6. The van der Waals surface area contributed by atoms with Crippen molar-refractivity contribution in [2.45, 2.75) is 45.9 Å². The van der Waals surface area contributed by atoms with Crippen LogP contribution in [0.25, 0.3) is 0 Å². The Balaban J connectivity index is 0.00000480. The number of hydrogen-bond donors (Lipinski definition) is 2. The molecule has 0 aliphatic carbocycles. The van der Waals surface area contributed by atoms with E-state index in [0.29, 0.717) is 13.1 Å². The van der Waals surface area contributed by atoms with Gasteiger partial charge in [0.2, 0.25) is 0 Å². The van der Waals surface area contributed by atoms with Gasteiger partial charge in [-0.3, -0.25) is 9.67 Å². The maximum atomic E-state index is 12.4. The Bertz CT molecular complexity index is 832. The fraction of sp³-hybridized carbons (Fsp3) is 0.500. The number of nitrogens with zero attached hydrogens (tertiary/aromatic N) is 4. The van der Waals surface area contributed by atoms with Gasteiger partial charge in [-0.1, -0.05) is 30.3 Å². The highest BCUT2D eigenvalue weighted by atomic mass is 127. The normalized spacial score (nSPS) is 12.5. The first-order chi connectivity index (χ1) is 14.2. The molecule has 1 amide bonds. The number of hydrogen-bond acceptors (Lipinski definition) is 4. The standard InChI is InChI=1S/C22H34N6O2.HI/c1-7-23-20(27(5)15-17-13-25-28(6)16-17)24-14-19(18-11-9-8-10-12-18)26-21(29)30-22(2,3)4;/h8-13,16,19H,7,14-15H2,1-6H3,(H,23,24)(H,26,29);1H.